The molecule has 3 aliphatic rings. The summed E-state index contributed by atoms with van der Waals surface area (Å²) in [6.07, 6.45) is 2.05. The van der Waals surface area contributed by atoms with Crippen molar-refractivity contribution in [2.45, 2.75) is 25.8 Å². The second kappa shape index (κ2) is 3.69. The second-order valence-electron chi connectivity index (χ2n) is 4.13. The Kier molecular flexibility index (Phi) is 2.54. The predicted molar refractivity (Wildman–Crippen MR) is 51.9 cm³/mol. The molecule has 3 saturated heterocycles. The number of Topliss-reactive ketones (excluding diaryl/α,β-unsaturated/α-hetero) is 1. The average Bonchev–Trinajstić information content (AvgIpc) is 2.49. The maximum absolute atomic E-state index is 11.6. The van der Waals surface area contributed by atoms with Gasteiger partial charge in [0.15, 0.2) is 0 Å². The monoisotopic (exact) mass is 196 g/mol. The van der Waals surface area contributed by atoms with Crippen molar-refractivity contribution in [1.82, 2.24) is 9.80 Å². The Morgan fingerprint density at radius 1 is 1.07 bits per heavy atom. The molecule has 2 bridgehead atoms. The summed E-state index contributed by atoms with van der Waals surface area (Å²) >= 11 is 0. The van der Waals surface area contributed by atoms with E-state index in [9.17, 15) is 9.59 Å². The molecule has 3 rings (SSSR count). The van der Waals surface area contributed by atoms with Crippen molar-refractivity contribution >= 4 is 11.7 Å². The molecule has 0 spiro atoms. The standard InChI is InChI=1S/C10H16N2O2/c1-8(13)10(14)12-7-6-11-4-2-9(12)3-5-11/h9H,2-7H2,1H3. The quantitative estimate of drug-likeness (QED) is 0.549. The molecule has 3 aliphatic heterocycles. The van der Waals surface area contributed by atoms with E-state index in [1.807, 2.05) is 0 Å². The summed E-state index contributed by atoms with van der Waals surface area (Å²) in [4.78, 5) is 26.8. The molecule has 1 amide bonds. The zero-order valence-electron chi connectivity index (χ0n) is 8.53. The van der Waals surface area contributed by atoms with Crippen molar-refractivity contribution in [2.75, 3.05) is 26.2 Å². The van der Waals surface area contributed by atoms with Crippen molar-refractivity contribution in [3.63, 3.8) is 0 Å². The first kappa shape index (κ1) is 9.65. The van der Waals surface area contributed by atoms with Crippen LogP contribution in [-0.2, 0) is 9.59 Å². The van der Waals surface area contributed by atoms with Gasteiger partial charge in [-0.05, 0) is 12.8 Å². The Morgan fingerprint density at radius 3 is 2.29 bits per heavy atom. The molecule has 4 heteroatoms. The lowest BCUT2D eigenvalue weighted by Gasteiger charge is -2.30. The van der Waals surface area contributed by atoms with E-state index in [1.54, 1.807) is 4.90 Å². The number of piperidine rings is 1. The van der Waals surface area contributed by atoms with Gasteiger partial charge >= 0.3 is 0 Å². The number of carbonyl (C=O) groups is 2. The molecule has 0 radical (unpaired) electrons. The topological polar surface area (TPSA) is 40.6 Å². The third-order valence-corrected chi connectivity index (χ3v) is 3.22. The van der Waals surface area contributed by atoms with E-state index < -0.39 is 0 Å². The van der Waals surface area contributed by atoms with Gasteiger partial charge in [-0.25, -0.2) is 0 Å². The fourth-order valence-electron chi connectivity index (χ4n) is 2.36. The Balaban J connectivity index is 2.11. The normalized spacial score (nSPS) is 31.4. The molecule has 0 aromatic rings. The van der Waals surface area contributed by atoms with Gasteiger partial charge in [-0.2, -0.15) is 0 Å². The van der Waals surface area contributed by atoms with E-state index in [2.05, 4.69) is 4.90 Å². The van der Waals surface area contributed by atoms with Crippen molar-refractivity contribution in [3.05, 3.63) is 0 Å². The number of hydrogen-bond acceptors (Lipinski definition) is 3. The van der Waals surface area contributed by atoms with E-state index in [-0.39, 0.29) is 11.7 Å². The number of carbonyl (C=O) groups excluding carboxylic acids is 2. The Hall–Kier alpha value is -0.900. The zero-order chi connectivity index (χ0) is 10.1. The molecular weight excluding hydrogens is 180 g/mol. The highest BCUT2D eigenvalue weighted by atomic mass is 16.2. The molecule has 0 N–H and O–H groups in total. The minimum absolute atomic E-state index is 0.293. The summed E-state index contributed by atoms with van der Waals surface area (Å²) in [5.74, 6) is -0.621. The number of rotatable bonds is 1. The van der Waals surface area contributed by atoms with Gasteiger partial charge in [0.2, 0.25) is 5.78 Å². The molecule has 78 valence electrons. The van der Waals surface area contributed by atoms with E-state index in [1.165, 1.54) is 6.92 Å². The van der Waals surface area contributed by atoms with E-state index in [0.29, 0.717) is 6.04 Å². The van der Waals surface area contributed by atoms with Gasteiger partial charge in [-0.15, -0.1) is 0 Å². The van der Waals surface area contributed by atoms with Crippen LogP contribution in [0.2, 0.25) is 0 Å². The van der Waals surface area contributed by atoms with E-state index >= 15 is 0 Å². The van der Waals surface area contributed by atoms with Crippen molar-refractivity contribution < 1.29 is 9.59 Å². The fourth-order valence-corrected chi connectivity index (χ4v) is 2.36. The second-order valence-corrected chi connectivity index (χ2v) is 4.13. The lowest BCUT2D eigenvalue weighted by molar-refractivity contribution is -0.145. The van der Waals surface area contributed by atoms with Crippen LogP contribution in [0.5, 0.6) is 0 Å². The molecule has 3 fully saturated rings. The van der Waals surface area contributed by atoms with E-state index in [0.717, 1.165) is 39.0 Å². The third kappa shape index (κ3) is 1.66. The fraction of sp³-hybridized carbons (Fsp3) is 0.800. The number of hydrogen-bond donors (Lipinski definition) is 0. The highest BCUT2D eigenvalue weighted by Crippen LogP contribution is 2.20. The first-order valence-electron chi connectivity index (χ1n) is 5.22. The van der Waals surface area contributed by atoms with Crippen molar-refractivity contribution in [3.8, 4) is 0 Å². The van der Waals surface area contributed by atoms with Crippen LogP contribution in [0.4, 0.5) is 0 Å². The maximum Gasteiger partial charge on any atom is 0.289 e. The van der Waals surface area contributed by atoms with Gasteiger partial charge in [-0.3, -0.25) is 9.59 Å². The SMILES string of the molecule is CC(=O)C(=O)N1CCN2CCC1CC2. The predicted octanol–water partition coefficient (Wildman–Crippen LogP) is -0.118. The van der Waals surface area contributed by atoms with Crippen LogP contribution in [0.3, 0.4) is 0 Å². The average molecular weight is 196 g/mol. The minimum atomic E-state index is -0.328. The largest absolute Gasteiger partial charge is 0.332 e. The summed E-state index contributed by atoms with van der Waals surface area (Å²) < 4.78 is 0. The number of fused-ring (bicyclic) bond motifs is 4. The van der Waals surface area contributed by atoms with E-state index in [4.69, 9.17) is 0 Å². The van der Waals surface area contributed by atoms with Gasteiger partial charge in [0.05, 0.1) is 0 Å². The van der Waals surface area contributed by atoms with Gasteiger partial charge < -0.3 is 9.80 Å². The summed E-state index contributed by atoms with van der Waals surface area (Å²) in [6.45, 7) is 5.16. The van der Waals surface area contributed by atoms with Crippen LogP contribution in [0.1, 0.15) is 19.8 Å². The molecule has 4 nitrogen and oxygen atoms in total. The van der Waals surface area contributed by atoms with Crippen LogP contribution in [0.25, 0.3) is 0 Å². The number of ketones is 1. The van der Waals surface area contributed by atoms with Crippen LogP contribution >= 0.6 is 0 Å². The zero-order valence-corrected chi connectivity index (χ0v) is 8.53. The lowest BCUT2D eigenvalue weighted by atomic mass is 10.1. The highest BCUT2D eigenvalue weighted by molar-refractivity contribution is 6.35. The number of nitrogens with zero attached hydrogens (tertiary/aromatic N) is 2. The molecule has 14 heavy (non-hydrogen) atoms. The van der Waals surface area contributed by atoms with Gasteiger partial charge in [0.1, 0.15) is 0 Å². The summed E-state index contributed by atoms with van der Waals surface area (Å²) in [6, 6.07) is 0.310. The van der Waals surface area contributed by atoms with Crippen LogP contribution in [0.15, 0.2) is 0 Å². The molecule has 0 aliphatic carbocycles. The van der Waals surface area contributed by atoms with Gasteiger partial charge in [0, 0.05) is 39.1 Å². The Bertz CT molecular complexity index is 257. The van der Waals surface area contributed by atoms with Crippen molar-refractivity contribution in [2.24, 2.45) is 0 Å². The molecule has 3 heterocycles. The van der Waals surface area contributed by atoms with Crippen LogP contribution < -0.4 is 0 Å². The summed E-state index contributed by atoms with van der Waals surface area (Å²) in [5.41, 5.74) is 0. The molecule has 0 unspecified atom stereocenters. The lowest BCUT2D eigenvalue weighted by Crippen LogP contribution is -2.44. The highest BCUT2D eigenvalue weighted by Gasteiger charge is 2.32. The Labute approximate surface area is 83.9 Å². The first-order chi connectivity index (χ1) is 6.68. The molecule has 0 aromatic carbocycles. The summed E-state index contributed by atoms with van der Waals surface area (Å²) in [5, 5.41) is 0. The molecular formula is C10H16N2O2. The third-order valence-electron chi connectivity index (χ3n) is 3.22. The van der Waals surface area contributed by atoms with Gasteiger partial charge in [-0.1, -0.05) is 0 Å². The number of amides is 1. The maximum atomic E-state index is 11.6. The molecule has 0 aromatic heterocycles. The minimum Gasteiger partial charge on any atom is -0.332 e. The molecule has 0 saturated carbocycles. The molecule has 0 atom stereocenters. The van der Waals surface area contributed by atoms with Crippen molar-refractivity contribution in [1.29, 1.82) is 0 Å². The first-order valence-corrected chi connectivity index (χ1v) is 5.22. The smallest absolute Gasteiger partial charge is 0.289 e. The van der Waals surface area contributed by atoms with Crippen LogP contribution in [-0.4, -0.2) is 53.7 Å². The Morgan fingerprint density at radius 2 is 1.71 bits per heavy atom. The van der Waals surface area contributed by atoms with Crippen LogP contribution in [0, 0.1) is 0 Å². The summed E-state index contributed by atoms with van der Waals surface area (Å²) in [7, 11) is 0. The van der Waals surface area contributed by atoms with Gasteiger partial charge in [0.25, 0.3) is 5.91 Å².